The number of hydrogen-bond donors (Lipinski definition) is 2. The molecule has 11 nitrogen and oxygen atoms in total. The third-order valence-electron chi connectivity index (χ3n) is 1.86. The van der Waals surface area contributed by atoms with Gasteiger partial charge in [0.25, 0.3) is 17.3 Å². The van der Waals surface area contributed by atoms with Gasteiger partial charge in [0, 0.05) is 0 Å². The zero-order valence-corrected chi connectivity index (χ0v) is 8.06. The van der Waals surface area contributed by atoms with Crippen molar-refractivity contribution < 1.29 is 29.4 Å². The molecule has 0 unspecified atom stereocenters. The van der Waals surface area contributed by atoms with Crippen LogP contribution in [0, 0.1) is 36.2 Å². The molecule has 0 heterocycles. The summed E-state index contributed by atoms with van der Waals surface area (Å²) in [6, 6.07) is 0. The number of nitro benzene ring substituents is 3. The molecule has 0 aliphatic heterocycles. The molecule has 0 radical (unpaired) electrons. The second kappa shape index (κ2) is 4.08. The molecule has 1 aromatic carbocycles. The summed E-state index contributed by atoms with van der Waals surface area (Å²) in [6.07, 6.45) is 0. The van der Waals surface area contributed by atoms with Gasteiger partial charge in [-0.05, 0) is 0 Å². The number of halogens is 1. The predicted molar refractivity (Wildman–Crippen MR) is 49.7 cm³/mol. The van der Waals surface area contributed by atoms with Crippen molar-refractivity contribution >= 4 is 17.1 Å². The minimum Gasteiger partial charge on any atom is -0.497 e. The zero-order valence-electron chi connectivity index (χ0n) is 8.06. The lowest BCUT2D eigenvalue weighted by atomic mass is 10.2. The van der Waals surface area contributed by atoms with Crippen LogP contribution in [-0.2, 0) is 0 Å². The van der Waals surface area contributed by atoms with Gasteiger partial charge in [0.2, 0.25) is 0 Å². The molecule has 0 saturated heterocycles. The Morgan fingerprint density at radius 3 is 1.28 bits per heavy atom. The molecule has 2 N–H and O–H groups in total. The molecule has 96 valence electrons. The number of aromatic hydroxyl groups is 2. The Bertz CT molecular complexity index is 483. The molecular formula is C6H2FN3O8. The lowest BCUT2D eigenvalue weighted by Gasteiger charge is -2.02. The Morgan fingerprint density at radius 1 is 0.778 bits per heavy atom. The standard InChI is InChI=1S/C6H2FN3O8/c7-1-2(8(13)14)5(11)4(10(17)18)6(12)3(1)9(15)16/h11-12H. The first-order valence-electron chi connectivity index (χ1n) is 3.90. The van der Waals surface area contributed by atoms with Crippen LogP contribution in [0.3, 0.4) is 0 Å². The van der Waals surface area contributed by atoms with Crippen molar-refractivity contribution in [2.75, 3.05) is 0 Å². The Hall–Kier alpha value is -3.05. The van der Waals surface area contributed by atoms with E-state index in [0.29, 0.717) is 0 Å². The minimum atomic E-state index is -2.18. The first-order chi connectivity index (χ1) is 8.20. The van der Waals surface area contributed by atoms with Crippen molar-refractivity contribution in [2.45, 2.75) is 0 Å². The maximum Gasteiger partial charge on any atom is 0.366 e. The lowest BCUT2D eigenvalue weighted by molar-refractivity contribution is -0.409. The van der Waals surface area contributed by atoms with Crippen LogP contribution in [0.4, 0.5) is 21.5 Å². The highest BCUT2D eigenvalue weighted by Crippen LogP contribution is 2.50. The Kier molecular flexibility index (Phi) is 2.95. The minimum absolute atomic E-state index is 1.51. The van der Waals surface area contributed by atoms with E-state index in [2.05, 4.69) is 0 Å². The van der Waals surface area contributed by atoms with Crippen LogP contribution in [0.1, 0.15) is 0 Å². The molecule has 0 aromatic heterocycles. The summed E-state index contributed by atoms with van der Waals surface area (Å²) in [4.78, 5) is 26.5. The number of nitro groups is 3. The summed E-state index contributed by atoms with van der Waals surface area (Å²) < 4.78 is 13.3. The van der Waals surface area contributed by atoms with Gasteiger partial charge in [0.1, 0.15) is 0 Å². The monoisotopic (exact) mass is 263 g/mol. The smallest absolute Gasteiger partial charge is 0.366 e. The van der Waals surface area contributed by atoms with Crippen molar-refractivity contribution in [3.8, 4) is 11.5 Å². The van der Waals surface area contributed by atoms with Gasteiger partial charge in [-0.1, -0.05) is 0 Å². The van der Waals surface area contributed by atoms with E-state index >= 15 is 0 Å². The maximum atomic E-state index is 13.3. The molecular weight excluding hydrogens is 261 g/mol. The van der Waals surface area contributed by atoms with Crippen LogP contribution in [-0.4, -0.2) is 25.0 Å². The van der Waals surface area contributed by atoms with Gasteiger partial charge in [-0.15, -0.1) is 0 Å². The van der Waals surface area contributed by atoms with Crippen LogP contribution in [0.5, 0.6) is 11.5 Å². The summed E-state index contributed by atoms with van der Waals surface area (Å²) in [5.74, 6) is -5.78. The normalized spacial score (nSPS) is 10.1. The number of benzene rings is 1. The van der Waals surface area contributed by atoms with E-state index in [0.717, 1.165) is 0 Å². The van der Waals surface area contributed by atoms with E-state index in [1.807, 2.05) is 0 Å². The number of nitrogens with zero attached hydrogens (tertiary/aromatic N) is 3. The number of phenols is 2. The summed E-state index contributed by atoms with van der Waals surface area (Å²) in [5, 5.41) is 49.4. The molecule has 0 aliphatic rings. The molecule has 1 rings (SSSR count). The molecule has 0 bridgehead atoms. The first-order valence-corrected chi connectivity index (χ1v) is 3.90. The summed E-state index contributed by atoms with van der Waals surface area (Å²) in [7, 11) is 0. The SMILES string of the molecule is O=[N+]([O-])c1c(O)c([N+](=O)[O-])c(F)c([N+](=O)[O-])c1O. The number of rotatable bonds is 3. The quantitative estimate of drug-likeness (QED) is 0.599. The molecule has 0 amide bonds. The second-order valence-corrected chi connectivity index (χ2v) is 2.83. The third-order valence-corrected chi connectivity index (χ3v) is 1.86. The Labute approximate surface area is 95.1 Å². The van der Waals surface area contributed by atoms with Crippen molar-refractivity contribution in [3.63, 3.8) is 0 Å². The van der Waals surface area contributed by atoms with Gasteiger partial charge < -0.3 is 10.2 Å². The van der Waals surface area contributed by atoms with Crippen LogP contribution >= 0.6 is 0 Å². The fraction of sp³-hybridized carbons (Fsp3) is 0. The van der Waals surface area contributed by atoms with Crippen molar-refractivity contribution in [1.82, 2.24) is 0 Å². The average molecular weight is 263 g/mol. The predicted octanol–water partition coefficient (Wildman–Crippen LogP) is 0.962. The molecule has 12 heteroatoms. The van der Waals surface area contributed by atoms with Gasteiger partial charge >= 0.3 is 17.1 Å². The van der Waals surface area contributed by atoms with E-state index < -0.39 is 49.1 Å². The Balaban J connectivity index is 3.94. The van der Waals surface area contributed by atoms with E-state index in [4.69, 9.17) is 10.2 Å². The van der Waals surface area contributed by atoms with Gasteiger partial charge in [-0.2, -0.15) is 4.39 Å². The Morgan fingerprint density at radius 2 is 1.06 bits per heavy atom. The summed E-state index contributed by atoms with van der Waals surface area (Å²) in [5.41, 5.74) is -5.42. The van der Waals surface area contributed by atoms with E-state index in [1.165, 1.54) is 0 Å². The van der Waals surface area contributed by atoms with Crippen LogP contribution in [0.15, 0.2) is 0 Å². The van der Waals surface area contributed by atoms with Crippen LogP contribution in [0.25, 0.3) is 0 Å². The summed E-state index contributed by atoms with van der Waals surface area (Å²) >= 11 is 0. The average Bonchev–Trinajstić information content (AvgIpc) is 2.14. The first kappa shape index (κ1) is 13.0. The lowest BCUT2D eigenvalue weighted by Crippen LogP contribution is -2.03. The van der Waals surface area contributed by atoms with Gasteiger partial charge in [-0.3, -0.25) is 30.3 Å². The molecule has 0 saturated carbocycles. The fourth-order valence-corrected chi connectivity index (χ4v) is 1.16. The van der Waals surface area contributed by atoms with Crippen LogP contribution in [0.2, 0.25) is 0 Å². The van der Waals surface area contributed by atoms with E-state index in [1.54, 1.807) is 0 Å². The highest BCUT2D eigenvalue weighted by atomic mass is 19.1. The molecule has 1 aromatic rings. The van der Waals surface area contributed by atoms with Crippen molar-refractivity contribution in [1.29, 1.82) is 0 Å². The largest absolute Gasteiger partial charge is 0.497 e. The second-order valence-electron chi connectivity index (χ2n) is 2.83. The van der Waals surface area contributed by atoms with E-state index in [9.17, 15) is 34.7 Å². The molecule has 0 fully saturated rings. The van der Waals surface area contributed by atoms with Gasteiger partial charge in [0.15, 0.2) is 0 Å². The van der Waals surface area contributed by atoms with E-state index in [-0.39, 0.29) is 0 Å². The van der Waals surface area contributed by atoms with Crippen molar-refractivity contribution in [3.05, 3.63) is 36.2 Å². The number of phenolic OH excluding ortho intramolecular Hbond substituents is 2. The third kappa shape index (κ3) is 1.70. The molecule has 0 atom stereocenters. The zero-order chi connectivity index (χ0) is 14.2. The molecule has 18 heavy (non-hydrogen) atoms. The summed E-state index contributed by atoms with van der Waals surface area (Å²) in [6.45, 7) is 0. The van der Waals surface area contributed by atoms with Crippen molar-refractivity contribution in [2.24, 2.45) is 0 Å². The highest BCUT2D eigenvalue weighted by molar-refractivity contribution is 5.74. The number of hydrogen-bond acceptors (Lipinski definition) is 8. The molecule has 0 spiro atoms. The van der Waals surface area contributed by atoms with Gasteiger partial charge in [-0.25, -0.2) is 0 Å². The maximum absolute atomic E-state index is 13.3. The van der Waals surface area contributed by atoms with Crippen LogP contribution < -0.4 is 0 Å². The topological polar surface area (TPSA) is 170 Å². The molecule has 0 aliphatic carbocycles. The fourth-order valence-electron chi connectivity index (χ4n) is 1.16. The highest BCUT2D eigenvalue weighted by Gasteiger charge is 2.43. The van der Waals surface area contributed by atoms with Gasteiger partial charge in [0.05, 0.1) is 14.8 Å².